The molecule has 5 heteroatoms. The molecule has 0 atom stereocenters. The molecular weight excluding hydrogens is 264 g/mol. The van der Waals surface area contributed by atoms with Gasteiger partial charge in [-0.05, 0) is 32.6 Å². The van der Waals surface area contributed by atoms with E-state index in [2.05, 4.69) is 24.3 Å². The van der Waals surface area contributed by atoms with Crippen molar-refractivity contribution in [2.75, 3.05) is 40.9 Å². The van der Waals surface area contributed by atoms with Crippen molar-refractivity contribution >= 4 is 11.6 Å². The molecule has 0 aliphatic heterocycles. The van der Waals surface area contributed by atoms with E-state index in [1.807, 2.05) is 19.1 Å². The van der Waals surface area contributed by atoms with Gasteiger partial charge in [0.2, 0.25) is 0 Å². The van der Waals surface area contributed by atoms with Crippen LogP contribution in [0.15, 0.2) is 12.1 Å². The fourth-order valence-corrected chi connectivity index (χ4v) is 1.89. The van der Waals surface area contributed by atoms with E-state index >= 15 is 0 Å². The van der Waals surface area contributed by atoms with Crippen molar-refractivity contribution in [2.24, 2.45) is 0 Å². The third-order valence-electron chi connectivity index (χ3n) is 2.68. The molecule has 0 heterocycles. The summed E-state index contributed by atoms with van der Waals surface area (Å²) in [5.41, 5.74) is 1.01. The fraction of sp³-hybridized carbons (Fsp3) is 0.571. The average molecular weight is 287 g/mol. The summed E-state index contributed by atoms with van der Waals surface area (Å²) in [6.45, 7) is 5.15. The van der Waals surface area contributed by atoms with Crippen molar-refractivity contribution in [3.63, 3.8) is 0 Å². The smallest absolute Gasteiger partial charge is 0.162 e. The Hall–Kier alpha value is -0.970. The van der Waals surface area contributed by atoms with Gasteiger partial charge in [0.1, 0.15) is 0 Å². The molecule has 1 N–H and O–H groups in total. The van der Waals surface area contributed by atoms with Crippen LogP contribution in [0, 0.1) is 0 Å². The maximum absolute atomic E-state index is 6.25. The summed E-state index contributed by atoms with van der Waals surface area (Å²) in [7, 11) is 5.73. The van der Waals surface area contributed by atoms with Crippen molar-refractivity contribution in [2.45, 2.75) is 13.5 Å². The number of hydrogen-bond acceptors (Lipinski definition) is 4. The predicted octanol–water partition coefficient (Wildman–Crippen LogP) is 2.40. The molecule has 4 nitrogen and oxygen atoms in total. The highest BCUT2D eigenvalue weighted by atomic mass is 35.5. The Labute approximate surface area is 120 Å². The molecule has 0 saturated heterocycles. The fourth-order valence-electron chi connectivity index (χ4n) is 1.67. The molecule has 0 aromatic heterocycles. The molecule has 0 aliphatic rings. The van der Waals surface area contributed by atoms with Crippen molar-refractivity contribution < 1.29 is 9.47 Å². The summed E-state index contributed by atoms with van der Waals surface area (Å²) in [5.74, 6) is 1.41. The monoisotopic (exact) mass is 286 g/mol. The molecule has 1 aromatic rings. The van der Waals surface area contributed by atoms with Crippen LogP contribution in [-0.2, 0) is 6.54 Å². The van der Waals surface area contributed by atoms with Crippen LogP contribution < -0.4 is 14.8 Å². The molecule has 0 spiro atoms. The highest BCUT2D eigenvalue weighted by Crippen LogP contribution is 2.33. The molecule has 0 aliphatic carbocycles. The summed E-state index contributed by atoms with van der Waals surface area (Å²) in [6, 6.07) is 3.74. The van der Waals surface area contributed by atoms with E-state index in [1.54, 1.807) is 7.11 Å². The second-order valence-corrected chi connectivity index (χ2v) is 4.91. The lowest BCUT2D eigenvalue weighted by atomic mass is 10.2. The molecule has 19 heavy (non-hydrogen) atoms. The number of benzene rings is 1. The number of nitrogens with zero attached hydrogens (tertiary/aromatic N) is 1. The first-order valence-corrected chi connectivity index (χ1v) is 6.81. The summed E-state index contributed by atoms with van der Waals surface area (Å²) in [4.78, 5) is 2.13. The minimum absolute atomic E-state index is 0.590. The highest BCUT2D eigenvalue weighted by molar-refractivity contribution is 6.31. The van der Waals surface area contributed by atoms with Crippen LogP contribution in [0.4, 0.5) is 0 Å². The Balaban J connectivity index is 2.67. The van der Waals surface area contributed by atoms with E-state index in [0.717, 1.165) is 30.9 Å². The number of nitrogens with one attached hydrogen (secondary N) is 1. The number of rotatable bonds is 8. The molecule has 108 valence electrons. The maximum Gasteiger partial charge on any atom is 0.162 e. The molecule has 0 amide bonds. The van der Waals surface area contributed by atoms with Crippen LogP contribution in [0.25, 0.3) is 0 Å². The van der Waals surface area contributed by atoms with E-state index in [1.165, 1.54) is 0 Å². The minimum Gasteiger partial charge on any atom is -0.493 e. The molecule has 0 saturated carbocycles. The second-order valence-electron chi connectivity index (χ2n) is 4.51. The number of ether oxygens (including phenoxy) is 2. The van der Waals surface area contributed by atoms with Crippen LogP contribution >= 0.6 is 11.6 Å². The van der Waals surface area contributed by atoms with Gasteiger partial charge in [0, 0.05) is 30.7 Å². The van der Waals surface area contributed by atoms with Crippen molar-refractivity contribution in [3.8, 4) is 11.5 Å². The largest absolute Gasteiger partial charge is 0.493 e. The summed E-state index contributed by atoms with van der Waals surface area (Å²) >= 11 is 6.25. The molecule has 0 radical (unpaired) electrons. The van der Waals surface area contributed by atoms with Crippen molar-refractivity contribution in [1.82, 2.24) is 10.2 Å². The van der Waals surface area contributed by atoms with Gasteiger partial charge in [-0.3, -0.25) is 0 Å². The standard InChI is InChI=1S/C14H23ClN2O2/c1-5-19-14-9-12(15)11(8-13(14)18-4)10-16-6-7-17(2)3/h8-9,16H,5-7,10H2,1-4H3. The normalized spacial score (nSPS) is 10.8. The topological polar surface area (TPSA) is 33.7 Å². The first kappa shape index (κ1) is 16.1. The van der Waals surface area contributed by atoms with E-state index in [4.69, 9.17) is 21.1 Å². The second kappa shape index (κ2) is 8.25. The molecule has 1 rings (SSSR count). The number of likely N-dealkylation sites (N-methyl/N-ethyl adjacent to an activating group) is 1. The Morgan fingerprint density at radius 2 is 2.00 bits per heavy atom. The van der Waals surface area contributed by atoms with Gasteiger partial charge in [-0.1, -0.05) is 11.6 Å². The molecule has 1 aromatic carbocycles. The van der Waals surface area contributed by atoms with Gasteiger partial charge >= 0.3 is 0 Å². The van der Waals surface area contributed by atoms with Crippen LogP contribution in [0.1, 0.15) is 12.5 Å². The molecule has 0 fully saturated rings. The zero-order valence-electron chi connectivity index (χ0n) is 12.1. The predicted molar refractivity (Wildman–Crippen MR) is 79.4 cm³/mol. The quantitative estimate of drug-likeness (QED) is 0.744. The third-order valence-corrected chi connectivity index (χ3v) is 3.04. The Kier molecular flexibility index (Phi) is 6.99. The minimum atomic E-state index is 0.590. The van der Waals surface area contributed by atoms with Crippen LogP contribution in [0.2, 0.25) is 5.02 Å². The number of methoxy groups -OCH3 is 1. The first-order chi connectivity index (χ1) is 9.08. The van der Waals surface area contributed by atoms with Crippen LogP contribution in [0.3, 0.4) is 0 Å². The van der Waals surface area contributed by atoms with Gasteiger partial charge in [0.15, 0.2) is 11.5 Å². The van der Waals surface area contributed by atoms with E-state index in [-0.39, 0.29) is 0 Å². The maximum atomic E-state index is 6.25. The van der Waals surface area contributed by atoms with Gasteiger partial charge < -0.3 is 19.7 Å². The molecule has 0 bridgehead atoms. The third kappa shape index (κ3) is 5.27. The van der Waals surface area contributed by atoms with Gasteiger partial charge in [0.05, 0.1) is 13.7 Å². The van der Waals surface area contributed by atoms with E-state index < -0.39 is 0 Å². The number of hydrogen-bond donors (Lipinski definition) is 1. The number of halogens is 1. The lowest BCUT2D eigenvalue weighted by Crippen LogP contribution is -2.26. The van der Waals surface area contributed by atoms with Crippen LogP contribution in [-0.4, -0.2) is 45.8 Å². The summed E-state index contributed by atoms with van der Waals surface area (Å²) in [6.07, 6.45) is 0. The van der Waals surface area contributed by atoms with Crippen LogP contribution in [0.5, 0.6) is 11.5 Å². The lowest BCUT2D eigenvalue weighted by molar-refractivity contribution is 0.310. The van der Waals surface area contributed by atoms with Crippen molar-refractivity contribution in [3.05, 3.63) is 22.7 Å². The van der Waals surface area contributed by atoms with E-state index in [9.17, 15) is 0 Å². The SMILES string of the molecule is CCOc1cc(Cl)c(CNCCN(C)C)cc1OC. The zero-order chi connectivity index (χ0) is 14.3. The molecular formula is C14H23ClN2O2. The first-order valence-electron chi connectivity index (χ1n) is 6.43. The highest BCUT2D eigenvalue weighted by Gasteiger charge is 2.10. The summed E-state index contributed by atoms with van der Waals surface area (Å²) in [5, 5.41) is 4.05. The Morgan fingerprint density at radius 3 is 2.58 bits per heavy atom. The van der Waals surface area contributed by atoms with Gasteiger partial charge in [-0.25, -0.2) is 0 Å². The zero-order valence-corrected chi connectivity index (χ0v) is 12.9. The lowest BCUT2D eigenvalue weighted by Gasteiger charge is -2.14. The van der Waals surface area contributed by atoms with Crippen molar-refractivity contribution in [1.29, 1.82) is 0 Å². The van der Waals surface area contributed by atoms with Gasteiger partial charge in [-0.2, -0.15) is 0 Å². The Bertz CT molecular complexity index is 397. The average Bonchev–Trinajstić information content (AvgIpc) is 2.36. The van der Waals surface area contributed by atoms with Gasteiger partial charge in [0.25, 0.3) is 0 Å². The Morgan fingerprint density at radius 1 is 1.26 bits per heavy atom. The van der Waals surface area contributed by atoms with Gasteiger partial charge in [-0.15, -0.1) is 0 Å². The molecule has 0 unspecified atom stereocenters. The van der Waals surface area contributed by atoms with E-state index in [0.29, 0.717) is 17.4 Å². The summed E-state index contributed by atoms with van der Waals surface area (Å²) < 4.78 is 10.8.